The van der Waals surface area contributed by atoms with Gasteiger partial charge >= 0.3 is 0 Å². The van der Waals surface area contributed by atoms with Crippen LogP contribution in [0.15, 0.2) is 109 Å². The first-order chi connectivity index (χ1) is 14.7. The molecule has 1 unspecified atom stereocenters. The summed E-state index contributed by atoms with van der Waals surface area (Å²) in [5.41, 5.74) is 7.48. The fraction of sp³-hybridized carbons (Fsp3) is 0. The van der Waals surface area contributed by atoms with Crippen LogP contribution in [-0.4, -0.2) is 0 Å². The predicted molar refractivity (Wildman–Crippen MR) is 142 cm³/mol. The summed E-state index contributed by atoms with van der Waals surface area (Å²) in [6, 6.07) is 39.6. The highest BCUT2D eigenvalue weighted by Gasteiger charge is 2.04. The second-order valence-corrected chi connectivity index (χ2v) is 9.40. The lowest BCUT2D eigenvalue weighted by molar-refractivity contribution is 1.58. The quantitative estimate of drug-likeness (QED) is 0.169. The Balaban J connectivity index is 1.49. The first-order valence-electron chi connectivity index (χ1n) is 9.92. The maximum atomic E-state index is 2.74. The highest BCUT2D eigenvalue weighted by Crippen LogP contribution is 2.30. The minimum atomic E-state index is 1.20. The lowest BCUT2D eigenvalue weighted by Gasteiger charge is -2.09. The number of halogens is 1. The third-order valence-corrected chi connectivity index (χ3v) is 6.58. The molecule has 0 aromatic heterocycles. The summed E-state index contributed by atoms with van der Waals surface area (Å²) < 4.78 is 1.26. The molecule has 0 heterocycles. The van der Waals surface area contributed by atoms with Crippen LogP contribution in [0.25, 0.3) is 44.2 Å². The number of benzene rings is 5. The summed E-state index contributed by atoms with van der Waals surface area (Å²) in [4.78, 5) is 0. The van der Waals surface area contributed by atoms with E-state index >= 15 is 0 Å². The van der Waals surface area contributed by atoms with Crippen LogP contribution >= 0.6 is 31.8 Å². The summed E-state index contributed by atoms with van der Waals surface area (Å²) in [6.45, 7) is 0. The number of fused-ring (bicyclic) bond motifs is 1. The van der Waals surface area contributed by atoms with Gasteiger partial charge in [0.15, 0.2) is 0 Å². The van der Waals surface area contributed by atoms with Crippen LogP contribution in [0.2, 0.25) is 0 Å². The van der Waals surface area contributed by atoms with E-state index in [9.17, 15) is 0 Å². The molecule has 0 aliphatic heterocycles. The van der Waals surface area contributed by atoms with Gasteiger partial charge in [0, 0.05) is 3.57 Å². The largest absolute Gasteiger partial charge is 0.106 e. The second-order valence-electron chi connectivity index (χ2n) is 7.48. The molecule has 0 aliphatic carbocycles. The van der Waals surface area contributed by atoms with Gasteiger partial charge in [0.1, 0.15) is 0 Å². The SMILES string of the molecule is Pc1ccc(-c2ccc3ccc(-c4ccc(-c5ccc(I)cc5)cc4)cc3c2)cc1. The molecule has 5 aromatic carbocycles. The van der Waals surface area contributed by atoms with Gasteiger partial charge in [0.25, 0.3) is 0 Å². The van der Waals surface area contributed by atoms with Crippen molar-refractivity contribution in [2.75, 3.05) is 0 Å². The van der Waals surface area contributed by atoms with Gasteiger partial charge in [0.05, 0.1) is 0 Å². The van der Waals surface area contributed by atoms with E-state index in [2.05, 4.69) is 141 Å². The van der Waals surface area contributed by atoms with Gasteiger partial charge in [-0.3, -0.25) is 0 Å². The maximum absolute atomic E-state index is 2.74. The Labute approximate surface area is 193 Å². The molecule has 5 rings (SSSR count). The zero-order chi connectivity index (χ0) is 20.5. The smallest absolute Gasteiger partial charge is 0.0130 e. The molecule has 0 fully saturated rings. The Bertz CT molecular complexity index is 1320. The van der Waals surface area contributed by atoms with E-state index in [1.54, 1.807) is 0 Å². The fourth-order valence-electron chi connectivity index (χ4n) is 3.78. The molecule has 0 saturated heterocycles. The highest BCUT2D eigenvalue weighted by molar-refractivity contribution is 14.1. The van der Waals surface area contributed by atoms with Gasteiger partial charge < -0.3 is 0 Å². The number of hydrogen-bond acceptors (Lipinski definition) is 0. The van der Waals surface area contributed by atoms with Crippen molar-refractivity contribution >= 4 is 47.9 Å². The zero-order valence-electron chi connectivity index (χ0n) is 16.3. The molecule has 0 nitrogen and oxygen atoms in total. The molecule has 0 saturated carbocycles. The van der Waals surface area contributed by atoms with E-state index in [1.165, 1.54) is 53.0 Å². The Morgan fingerprint density at radius 2 is 0.767 bits per heavy atom. The van der Waals surface area contributed by atoms with E-state index in [0.717, 1.165) is 0 Å². The summed E-state index contributed by atoms with van der Waals surface area (Å²) in [5, 5.41) is 3.73. The standard InChI is InChI=1S/C28H20IP/c29-27-13-9-20(10-14-27)19-1-3-21(4-2-19)24-7-5-23-6-8-25(18-26(23)17-24)22-11-15-28(30)16-12-22/h1-18H,30H2. The second kappa shape index (κ2) is 8.34. The monoisotopic (exact) mass is 514 g/mol. The molecule has 0 bridgehead atoms. The van der Waals surface area contributed by atoms with Crippen LogP contribution in [0.4, 0.5) is 0 Å². The van der Waals surface area contributed by atoms with Gasteiger partial charge in [0.2, 0.25) is 0 Å². The molecule has 0 aliphatic rings. The third-order valence-electron chi connectivity index (χ3n) is 5.48. The Kier molecular flexibility index (Phi) is 5.41. The van der Waals surface area contributed by atoms with E-state index in [-0.39, 0.29) is 0 Å². The maximum Gasteiger partial charge on any atom is 0.0130 e. The number of hydrogen-bond donors (Lipinski definition) is 0. The lowest BCUT2D eigenvalue weighted by atomic mass is 9.96. The van der Waals surface area contributed by atoms with E-state index in [1.807, 2.05) is 0 Å². The molecule has 0 radical (unpaired) electrons. The van der Waals surface area contributed by atoms with Crippen LogP contribution in [0, 0.1) is 3.57 Å². The third kappa shape index (κ3) is 4.05. The van der Waals surface area contributed by atoms with Gasteiger partial charge in [-0.2, -0.15) is 0 Å². The van der Waals surface area contributed by atoms with E-state index in [4.69, 9.17) is 0 Å². The van der Waals surface area contributed by atoms with Crippen molar-refractivity contribution in [2.24, 2.45) is 0 Å². The average Bonchev–Trinajstić information content (AvgIpc) is 2.79. The molecule has 5 aromatic rings. The Morgan fingerprint density at radius 1 is 0.400 bits per heavy atom. The number of rotatable bonds is 3. The van der Waals surface area contributed by atoms with Crippen molar-refractivity contribution in [1.29, 1.82) is 0 Å². The van der Waals surface area contributed by atoms with Crippen molar-refractivity contribution in [2.45, 2.75) is 0 Å². The van der Waals surface area contributed by atoms with Crippen LogP contribution in [0.5, 0.6) is 0 Å². The molecule has 0 spiro atoms. The summed E-state index contributed by atoms with van der Waals surface area (Å²) in [6.07, 6.45) is 0. The van der Waals surface area contributed by atoms with Crippen molar-refractivity contribution in [1.82, 2.24) is 0 Å². The molecule has 2 heteroatoms. The van der Waals surface area contributed by atoms with Crippen molar-refractivity contribution in [3.8, 4) is 33.4 Å². The first kappa shape index (κ1) is 19.5. The summed E-state index contributed by atoms with van der Waals surface area (Å²) >= 11 is 2.34. The molecule has 0 N–H and O–H groups in total. The van der Waals surface area contributed by atoms with Crippen LogP contribution < -0.4 is 5.30 Å². The Morgan fingerprint density at radius 3 is 1.27 bits per heavy atom. The minimum absolute atomic E-state index is 1.20. The van der Waals surface area contributed by atoms with Crippen LogP contribution in [0.1, 0.15) is 0 Å². The molecule has 1 atom stereocenters. The van der Waals surface area contributed by atoms with E-state index < -0.39 is 0 Å². The van der Waals surface area contributed by atoms with Crippen LogP contribution in [-0.2, 0) is 0 Å². The zero-order valence-corrected chi connectivity index (χ0v) is 19.7. The fourth-order valence-corrected chi connectivity index (χ4v) is 4.33. The summed E-state index contributed by atoms with van der Waals surface area (Å²) in [7, 11) is 2.74. The topological polar surface area (TPSA) is 0 Å². The van der Waals surface area contributed by atoms with Crippen LogP contribution in [0.3, 0.4) is 0 Å². The van der Waals surface area contributed by atoms with Gasteiger partial charge in [-0.1, -0.05) is 84.9 Å². The molecule has 0 amide bonds. The normalized spacial score (nSPS) is 11.0. The van der Waals surface area contributed by atoms with E-state index in [0.29, 0.717) is 0 Å². The first-order valence-corrected chi connectivity index (χ1v) is 11.6. The van der Waals surface area contributed by atoms with Gasteiger partial charge in [-0.25, -0.2) is 0 Å². The van der Waals surface area contributed by atoms with Gasteiger partial charge in [-0.15, -0.1) is 9.24 Å². The minimum Gasteiger partial charge on any atom is -0.106 e. The average molecular weight is 514 g/mol. The van der Waals surface area contributed by atoms with Gasteiger partial charge in [-0.05, 0) is 96.3 Å². The Hall–Kier alpha value is -2.48. The summed E-state index contributed by atoms with van der Waals surface area (Å²) in [5.74, 6) is 0. The molecule has 144 valence electrons. The van der Waals surface area contributed by atoms with Crippen molar-refractivity contribution in [3.05, 3.63) is 113 Å². The molecular weight excluding hydrogens is 494 g/mol. The molecule has 30 heavy (non-hydrogen) atoms. The van der Waals surface area contributed by atoms with Crippen molar-refractivity contribution < 1.29 is 0 Å². The predicted octanol–water partition coefficient (Wildman–Crippen LogP) is 7.95. The lowest BCUT2D eigenvalue weighted by Crippen LogP contribution is -1.88. The van der Waals surface area contributed by atoms with Crippen molar-refractivity contribution in [3.63, 3.8) is 0 Å². The highest BCUT2D eigenvalue weighted by atomic mass is 127. The molecular formula is C28H20IP.